The number of aromatic nitrogens is 2. The number of likely N-dealkylation sites (tertiary alicyclic amines) is 2. The van der Waals surface area contributed by atoms with E-state index in [0.717, 1.165) is 25.7 Å². The van der Waals surface area contributed by atoms with Gasteiger partial charge in [0.2, 0.25) is 5.91 Å². The Bertz CT molecular complexity index is 762. The van der Waals surface area contributed by atoms with Gasteiger partial charge in [0.05, 0.1) is 0 Å². The number of aryl methyl sites for hydroxylation is 1. The highest BCUT2D eigenvalue weighted by Crippen LogP contribution is 2.44. The summed E-state index contributed by atoms with van der Waals surface area (Å²) in [5.74, 6) is -0.827. The van der Waals surface area contributed by atoms with Crippen LogP contribution in [0.2, 0.25) is 0 Å². The van der Waals surface area contributed by atoms with Crippen LogP contribution in [-0.2, 0) is 16.1 Å². The number of hydrogen-bond acceptors (Lipinski definition) is 4. The number of aliphatic carboxylic acids is 1. The van der Waals surface area contributed by atoms with Crippen molar-refractivity contribution in [2.24, 2.45) is 11.3 Å². The molecule has 3 fully saturated rings. The van der Waals surface area contributed by atoms with Crippen molar-refractivity contribution in [3.05, 3.63) is 18.0 Å². The van der Waals surface area contributed by atoms with Crippen molar-refractivity contribution in [1.29, 1.82) is 0 Å². The van der Waals surface area contributed by atoms with Gasteiger partial charge in [0.15, 0.2) is 0 Å². The first-order valence-electron chi connectivity index (χ1n) is 9.78. The average Bonchev–Trinajstić information content (AvgIpc) is 3.29. The maximum absolute atomic E-state index is 12.9. The van der Waals surface area contributed by atoms with Gasteiger partial charge in [-0.15, -0.1) is 0 Å². The predicted molar refractivity (Wildman–Crippen MR) is 95.9 cm³/mol. The molecule has 1 aromatic heterocycles. The second kappa shape index (κ2) is 6.65. The summed E-state index contributed by atoms with van der Waals surface area (Å²) in [5.41, 5.74) is 0.0771. The van der Waals surface area contributed by atoms with Gasteiger partial charge >= 0.3 is 5.97 Å². The van der Waals surface area contributed by atoms with Crippen LogP contribution in [0.4, 0.5) is 0 Å². The SMILES string of the molecule is CCn1ccc(C(=O)N2CC3(CCN(C(=O)C4CC4)CC3)CC2C(=O)O)n1. The molecule has 2 aliphatic heterocycles. The zero-order chi connectivity index (χ0) is 19.2. The Morgan fingerprint density at radius 2 is 1.96 bits per heavy atom. The number of amides is 2. The molecule has 8 heteroatoms. The van der Waals surface area contributed by atoms with Crippen LogP contribution >= 0.6 is 0 Å². The topological polar surface area (TPSA) is 95.7 Å². The summed E-state index contributed by atoms with van der Waals surface area (Å²) in [4.78, 5) is 40.4. The molecule has 1 unspecified atom stereocenters. The highest BCUT2D eigenvalue weighted by Gasteiger charge is 2.51. The maximum atomic E-state index is 12.9. The molecule has 2 amide bonds. The summed E-state index contributed by atoms with van der Waals surface area (Å²) < 4.78 is 1.66. The third-order valence-electron chi connectivity index (χ3n) is 6.30. The van der Waals surface area contributed by atoms with E-state index in [1.807, 2.05) is 11.8 Å². The second-order valence-corrected chi connectivity index (χ2v) is 8.15. The van der Waals surface area contributed by atoms with Gasteiger partial charge < -0.3 is 14.9 Å². The summed E-state index contributed by atoms with van der Waals surface area (Å²) in [7, 11) is 0. The molecule has 1 N–H and O–H groups in total. The first-order valence-corrected chi connectivity index (χ1v) is 9.78. The molecule has 1 aliphatic carbocycles. The van der Waals surface area contributed by atoms with Crippen LogP contribution in [-0.4, -0.2) is 68.1 Å². The van der Waals surface area contributed by atoms with Crippen molar-refractivity contribution in [1.82, 2.24) is 19.6 Å². The second-order valence-electron chi connectivity index (χ2n) is 8.15. The minimum absolute atomic E-state index is 0.209. The van der Waals surface area contributed by atoms with E-state index in [1.165, 1.54) is 4.90 Å². The van der Waals surface area contributed by atoms with E-state index in [1.54, 1.807) is 16.9 Å². The Labute approximate surface area is 158 Å². The quantitative estimate of drug-likeness (QED) is 0.855. The first-order chi connectivity index (χ1) is 12.9. The van der Waals surface area contributed by atoms with E-state index < -0.39 is 12.0 Å². The summed E-state index contributed by atoms with van der Waals surface area (Å²) >= 11 is 0. The standard InChI is InChI=1S/C19H26N4O4/c1-2-22-8-5-14(20-22)17(25)23-12-19(11-15(23)18(26)27)6-9-21(10-7-19)16(24)13-3-4-13/h5,8,13,15H,2-4,6-7,9-12H2,1H3,(H,26,27). The fourth-order valence-corrected chi connectivity index (χ4v) is 4.44. The molecule has 0 aromatic carbocycles. The zero-order valence-corrected chi connectivity index (χ0v) is 15.6. The molecule has 1 spiro atoms. The van der Waals surface area contributed by atoms with Crippen LogP contribution in [0.1, 0.15) is 49.5 Å². The minimum atomic E-state index is -0.966. The Morgan fingerprint density at radius 3 is 2.52 bits per heavy atom. The van der Waals surface area contributed by atoms with Crippen LogP contribution in [0.25, 0.3) is 0 Å². The van der Waals surface area contributed by atoms with E-state index >= 15 is 0 Å². The van der Waals surface area contributed by atoms with Gasteiger partial charge in [-0.2, -0.15) is 5.10 Å². The van der Waals surface area contributed by atoms with Crippen LogP contribution in [0.5, 0.6) is 0 Å². The molecular formula is C19H26N4O4. The van der Waals surface area contributed by atoms with E-state index in [2.05, 4.69) is 5.10 Å². The number of rotatable bonds is 4. The third kappa shape index (κ3) is 3.33. The Morgan fingerprint density at radius 1 is 1.26 bits per heavy atom. The lowest BCUT2D eigenvalue weighted by atomic mass is 9.76. The fraction of sp³-hybridized carbons (Fsp3) is 0.684. The van der Waals surface area contributed by atoms with Gasteiger partial charge in [0.25, 0.3) is 5.91 Å². The van der Waals surface area contributed by atoms with Gasteiger partial charge in [-0.3, -0.25) is 14.3 Å². The van der Waals surface area contributed by atoms with Gasteiger partial charge in [0, 0.05) is 38.3 Å². The summed E-state index contributed by atoms with van der Waals surface area (Å²) in [6.45, 7) is 4.34. The lowest BCUT2D eigenvalue weighted by molar-refractivity contribution is -0.141. The van der Waals surface area contributed by atoms with Crippen molar-refractivity contribution in [2.45, 2.75) is 51.6 Å². The molecule has 27 heavy (non-hydrogen) atoms. The van der Waals surface area contributed by atoms with Crippen LogP contribution in [0, 0.1) is 11.3 Å². The van der Waals surface area contributed by atoms with Crippen molar-refractivity contribution in [2.75, 3.05) is 19.6 Å². The molecule has 8 nitrogen and oxygen atoms in total. The number of carbonyl (C=O) groups excluding carboxylic acids is 2. The normalized spacial score (nSPS) is 24.4. The van der Waals surface area contributed by atoms with Gasteiger partial charge in [0.1, 0.15) is 11.7 Å². The Kier molecular flexibility index (Phi) is 4.44. The van der Waals surface area contributed by atoms with Gasteiger partial charge in [-0.1, -0.05) is 0 Å². The molecule has 1 saturated carbocycles. The molecule has 1 atom stereocenters. The van der Waals surface area contributed by atoms with E-state index in [-0.39, 0.29) is 23.1 Å². The fourth-order valence-electron chi connectivity index (χ4n) is 4.44. The number of carboxylic acid groups (broad SMARTS) is 1. The Balaban J connectivity index is 1.47. The van der Waals surface area contributed by atoms with E-state index in [9.17, 15) is 19.5 Å². The Hall–Kier alpha value is -2.38. The van der Waals surface area contributed by atoms with E-state index in [4.69, 9.17) is 0 Å². The monoisotopic (exact) mass is 374 g/mol. The van der Waals surface area contributed by atoms with Gasteiger partial charge in [-0.25, -0.2) is 4.79 Å². The zero-order valence-electron chi connectivity index (χ0n) is 15.6. The van der Waals surface area contributed by atoms with E-state index in [0.29, 0.717) is 38.3 Å². The highest BCUT2D eigenvalue weighted by atomic mass is 16.4. The summed E-state index contributed by atoms with van der Waals surface area (Å²) in [5, 5.41) is 13.9. The highest BCUT2D eigenvalue weighted by molar-refractivity contribution is 5.95. The minimum Gasteiger partial charge on any atom is -0.480 e. The average molecular weight is 374 g/mol. The van der Waals surface area contributed by atoms with Crippen molar-refractivity contribution >= 4 is 17.8 Å². The molecule has 146 valence electrons. The molecule has 0 radical (unpaired) electrons. The molecule has 3 aliphatic rings. The molecular weight excluding hydrogens is 348 g/mol. The lowest BCUT2D eigenvalue weighted by Gasteiger charge is -2.39. The number of carboxylic acids is 1. The van der Waals surface area contributed by atoms with Crippen LogP contribution < -0.4 is 0 Å². The van der Waals surface area contributed by atoms with Crippen LogP contribution in [0.3, 0.4) is 0 Å². The van der Waals surface area contributed by atoms with Gasteiger partial charge in [-0.05, 0) is 50.5 Å². The van der Waals surface area contributed by atoms with Crippen LogP contribution in [0.15, 0.2) is 12.3 Å². The number of nitrogens with zero attached hydrogens (tertiary/aromatic N) is 4. The lowest BCUT2D eigenvalue weighted by Crippen LogP contribution is -2.45. The molecule has 1 aromatic rings. The maximum Gasteiger partial charge on any atom is 0.326 e. The first kappa shape index (κ1) is 18.0. The molecule has 3 heterocycles. The third-order valence-corrected chi connectivity index (χ3v) is 6.30. The molecule has 4 rings (SSSR count). The number of hydrogen-bond donors (Lipinski definition) is 1. The smallest absolute Gasteiger partial charge is 0.326 e. The molecule has 2 saturated heterocycles. The number of piperidine rings is 1. The predicted octanol–water partition coefficient (Wildman–Crippen LogP) is 1.22. The summed E-state index contributed by atoms with van der Waals surface area (Å²) in [6, 6.07) is 0.821. The largest absolute Gasteiger partial charge is 0.480 e. The summed E-state index contributed by atoms with van der Waals surface area (Å²) in [6.07, 6.45) is 5.68. The van der Waals surface area contributed by atoms with Crippen molar-refractivity contribution < 1.29 is 19.5 Å². The van der Waals surface area contributed by atoms with Crippen molar-refractivity contribution in [3.63, 3.8) is 0 Å². The molecule has 0 bridgehead atoms. The number of carbonyl (C=O) groups is 3. The van der Waals surface area contributed by atoms with Crippen molar-refractivity contribution in [3.8, 4) is 0 Å².